The lowest BCUT2D eigenvalue weighted by Crippen LogP contribution is -2.26. The number of amides is 1. The van der Waals surface area contributed by atoms with E-state index in [1.165, 1.54) is 6.20 Å². The van der Waals surface area contributed by atoms with Crippen molar-refractivity contribution >= 4 is 23.3 Å². The van der Waals surface area contributed by atoms with E-state index < -0.39 is 0 Å². The van der Waals surface area contributed by atoms with Crippen LogP contribution in [0.15, 0.2) is 24.8 Å². The van der Waals surface area contributed by atoms with Gasteiger partial charge in [0, 0.05) is 37.6 Å². The molecule has 0 fully saturated rings. The van der Waals surface area contributed by atoms with Crippen molar-refractivity contribution < 1.29 is 4.79 Å². The quantitative estimate of drug-likeness (QED) is 0.732. The average molecular weight is 308 g/mol. The number of aromatic nitrogens is 3. The second-order valence-electron chi connectivity index (χ2n) is 4.56. The van der Waals surface area contributed by atoms with Gasteiger partial charge >= 0.3 is 0 Å². The molecule has 0 spiro atoms. The molecular weight excluding hydrogens is 290 g/mol. The van der Waals surface area contributed by atoms with Gasteiger partial charge in [-0.1, -0.05) is 18.5 Å². The molecule has 0 aliphatic heterocycles. The maximum Gasteiger partial charge on any atom is 0.253 e. The van der Waals surface area contributed by atoms with E-state index in [0.29, 0.717) is 29.4 Å². The second kappa shape index (κ2) is 7.64. The average Bonchev–Trinajstić information content (AvgIpc) is 2.99. The molecule has 2 heterocycles. The first-order chi connectivity index (χ1) is 10.2. The van der Waals surface area contributed by atoms with Crippen LogP contribution in [0, 0.1) is 0 Å². The number of carbonyl (C=O) groups is 1. The Balaban J connectivity index is 1.94. The molecule has 0 atom stereocenters. The molecule has 2 aromatic heterocycles. The largest absolute Gasteiger partial charge is 0.370 e. The Morgan fingerprint density at radius 3 is 2.95 bits per heavy atom. The fourth-order valence-electron chi connectivity index (χ4n) is 1.79. The van der Waals surface area contributed by atoms with E-state index in [0.717, 1.165) is 18.7 Å². The number of nitrogens with zero attached hydrogens (tertiary/aromatic N) is 2. The van der Waals surface area contributed by atoms with Crippen molar-refractivity contribution in [2.45, 2.75) is 19.8 Å². The predicted molar refractivity (Wildman–Crippen MR) is 82.7 cm³/mol. The molecule has 0 unspecified atom stereocenters. The summed E-state index contributed by atoms with van der Waals surface area (Å²) in [7, 11) is 0. The van der Waals surface area contributed by atoms with Crippen LogP contribution in [0.25, 0.3) is 0 Å². The second-order valence-corrected chi connectivity index (χ2v) is 4.97. The molecule has 21 heavy (non-hydrogen) atoms. The number of pyridine rings is 1. The summed E-state index contributed by atoms with van der Waals surface area (Å²) in [6.07, 6.45) is 6.51. The van der Waals surface area contributed by atoms with Gasteiger partial charge in [0.25, 0.3) is 5.91 Å². The third-order valence-corrected chi connectivity index (χ3v) is 3.19. The van der Waals surface area contributed by atoms with E-state index in [1.807, 2.05) is 0 Å². The number of hydrogen-bond acceptors (Lipinski definition) is 4. The van der Waals surface area contributed by atoms with Crippen molar-refractivity contribution in [1.82, 2.24) is 20.3 Å². The number of anilines is 1. The molecular formula is C14H18ClN5O. The molecule has 0 aromatic carbocycles. The minimum Gasteiger partial charge on any atom is -0.370 e. The fraction of sp³-hybridized carbons (Fsp3) is 0.357. The van der Waals surface area contributed by atoms with Crippen molar-refractivity contribution in [2.24, 2.45) is 0 Å². The molecule has 0 aliphatic carbocycles. The summed E-state index contributed by atoms with van der Waals surface area (Å²) >= 11 is 6.04. The highest BCUT2D eigenvalue weighted by atomic mass is 35.5. The Bertz CT molecular complexity index is 585. The summed E-state index contributed by atoms with van der Waals surface area (Å²) in [5.74, 6) is 0.446. The molecule has 2 aromatic rings. The topological polar surface area (TPSA) is 82.7 Å². The SMILES string of the molecule is CCCNc1cc(C(=O)NCCc2cnc[nH]2)c(Cl)cn1. The standard InChI is InChI=1S/C14H18ClN5O/c1-2-4-17-13-6-11(12(15)8-19-13)14(21)18-5-3-10-7-16-9-20-10/h6-9H,2-5H2,1H3,(H,16,20)(H,17,19)(H,18,21). The number of halogens is 1. The van der Waals surface area contributed by atoms with E-state index in [1.54, 1.807) is 18.6 Å². The van der Waals surface area contributed by atoms with E-state index in [4.69, 9.17) is 11.6 Å². The number of aromatic amines is 1. The Morgan fingerprint density at radius 2 is 2.24 bits per heavy atom. The van der Waals surface area contributed by atoms with Crippen molar-refractivity contribution in [1.29, 1.82) is 0 Å². The van der Waals surface area contributed by atoms with Crippen LogP contribution in [0.5, 0.6) is 0 Å². The molecule has 1 amide bonds. The molecule has 112 valence electrons. The van der Waals surface area contributed by atoms with E-state index in [2.05, 4.69) is 32.5 Å². The molecule has 0 saturated carbocycles. The van der Waals surface area contributed by atoms with Crippen molar-refractivity contribution in [3.05, 3.63) is 41.1 Å². The summed E-state index contributed by atoms with van der Waals surface area (Å²) in [6, 6.07) is 1.67. The third-order valence-electron chi connectivity index (χ3n) is 2.89. The minimum atomic E-state index is -0.207. The van der Waals surface area contributed by atoms with Gasteiger partial charge in [0.2, 0.25) is 0 Å². The summed E-state index contributed by atoms with van der Waals surface area (Å²) in [5, 5.41) is 6.31. The Hall–Kier alpha value is -2.08. The molecule has 3 N–H and O–H groups in total. The summed E-state index contributed by atoms with van der Waals surface area (Å²) in [4.78, 5) is 23.2. The Morgan fingerprint density at radius 1 is 1.38 bits per heavy atom. The number of imidazole rings is 1. The van der Waals surface area contributed by atoms with Gasteiger partial charge in [0.15, 0.2) is 0 Å². The zero-order chi connectivity index (χ0) is 15.1. The first kappa shape index (κ1) is 15.3. The number of carbonyl (C=O) groups excluding carboxylic acids is 1. The summed E-state index contributed by atoms with van der Waals surface area (Å²) in [6.45, 7) is 3.37. The number of hydrogen-bond donors (Lipinski definition) is 3. The molecule has 0 bridgehead atoms. The maximum absolute atomic E-state index is 12.1. The van der Waals surface area contributed by atoms with Gasteiger partial charge in [0.1, 0.15) is 5.82 Å². The first-order valence-electron chi connectivity index (χ1n) is 6.85. The first-order valence-corrected chi connectivity index (χ1v) is 7.23. The van der Waals surface area contributed by atoms with Gasteiger partial charge in [-0.2, -0.15) is 0 Å². The van der Waals surface area contributed by atoms with Gasteiger partial charge in [-0.3, -0.25) is 4.79 Å². The van der Waals surface area contributed by atoms with Crippen LogP contribution >= 0.6 is 11.6 Å². The molecule has 2 rings (SSSR count). The lowest BCUT2D eigenvalue weighted by atomic mass is 10.2. The van der Waals surface area contributed by atoms with Gasteiger partial charge in [-0.15, -0.1) is 0 Å². The smallest absolute Gasteiger partial charge is 0.253 e. The van der Waals surface area contributed by atoms with Crippen LogP contribution in [0.2, 0.25) is 5.02 Å². The number of H-pyrrole nitrogens is 1. The third kappa shape index (κ3) is 4.46. The van der Waals surface area contributed by atoms with Gasteiger partial charge in [-0.25, -0.2) is 9.97 Å². The monoisotopic (exact) mass is 307 g/mol. The predicted octanol–water partition coefficient (Wildman–Crippen LogP) is 2.25. The minimum absolute atomic E-state index is 0.207. The van der Waals surface area contributed by atoms with Crippen molar-refractivity contribution in [3.8, 4) is 0 Å². The number of rotatable bonds is 7. The molecule has 7 heteroatoms. The van der Waals surface area contributed by atoms with Crippen LogP contribution in [0.4, 0.5) is 5.82 Å². The van der Waals surface area contributed by atoms with Gasteiger partial charge in [0.05, 0.1) is 16.9 Å². The highest BCUT2D eigenvalue weighted by Gasteiger charge is 2.11. The summed E-state index contributed by atoms with van der Waals surface area (Å²) in [5.41, 5.74) is 1.40. The zero-order valence-electron chi connectivity index (χ0n) is 11.8. The molecule has 0 radical (unpaired) electrons. The van der Waals surface area contributed by atoms with E-state index in [9.17, 15) is 4.79 Å². The highest BCUT2D eigenvalue weighted by molar-refractivity contribution is 6.33. The molecule has 6 nitrogen and oxygen atoms in total. The number of nitrogens with one attached hydrogen (secondary N) is 3. The van der Waals surface area contributed by atoms with Crippen LogP contribution in [-0.2, 0) is 6.42 Å². The van der Waals surface area contributed by atoms with Crippen molar-refractivity contribution in [2.75, 3.05) is 18.4 Å². The Kier molecular flexibility index (Phi) is 5.57. The summed E-state index contributed by atoms with van der Waals surface area (Å²) < 4.78 is 0. The van der Waals surface area contributed by atoms with E-state index in [-0.39, 0.29) is 5.91 Å². The van der Waals surface area contributed by atoms with Crippen LogP contribution < -0.4 is 10.6 Å². The Labute approximate surface area is 128 Å². The normalized spacial score (nSPS) is 10.4. The van der Waals surface area contributed by atoms with Crippen LogP contribution in [0.3, 0.4) is 0 Å². The lowest BCUT2D eigenvalue weighted by molar-refractivity contribution is 0.0954. The zero-order valence-corrected chi connectivity index (χ0v) is 12.6. The van der Waals surface area contributed by atoms with Crippen LogP contribution in [0.1, 0.15) is 29.4 Å². The van der Waals surface area contributed by atoms with Gasteiger partial charge in [-0.05, 0) is 12.5 Å². The molecule has 0 saturated heterocycles. The van der Waals surface area contributed by atoms with E-state index >= 15 is 0 Å². The lowest BCUT2D eigenvalue weighted by Gasteiger charge is -2.09. The maximum atomic E-state index is 12.1. The molecule has 0 aliphatic rings. The van der Waals surface area contributed by atoms with Gasteiger partial charge < -0.3 is 15.6 Å². The fourth-order valence-corrected chi connectivity index (χ4v) is 1.98. The van der Waals surface area contributed by atoms with Crippen LogP contribution in [-0.4, -0.2) is 33.9 Å². The van der Waals surface area contributed by atoms with Crippen molar-refractivity contribution in [3.63, 3.8) is 0 Å². The highest BCUT2D eigenvalue weighted by Crippen LogP contribution is 2.17.